The van der Waals surface area contributed by atoms with Crippen LogP contribution in [0, 0.1) is 0 Å². The van der Waals surface area contributed by atoms with Crippen molar-refractivity contribution < 1.29 is 80.2 Å². The first-order valence-electron chi connectivity index (χ1n) is 10.5. The minimum atomic E-state index is -1.98. The van der Waals surface area contributed by atoms with E-state index in [9.17, 15) is 56.2 Å². The van der Waals surface area contributed by atoms with Crippen LogP contribution in [0.25, 0.3) is 0 Å². The van der Waals surface area contributed by atoms with Crippen molar-refractivity contribution in [3.63, 3.8) is 0 Å². The molecule has 12 N–H and O–H groups in total. The topological polar surface area (TPSA) is 280 Å². The number of aliphatic hydroxyl groups is 12. The Morgan fingerprint density at radius 1 is 0.618 bits per heavy atom. The SMILES string of the molecule is OC[C@@H](O)[C@@H](O[C@H]1O[C@H](CO)C(O[C@H]2O[C@H](CO)[C@@H](O)[C@H](O)[C@H]2O)[C@H](O)[C@H]1O)[C@H](O)[C@@H](O)CO. The van der Waals surface area contributed by atoms with Crippen molar-refractivity contribution in [2.45, 2.75) is 85.8 Å². The molecule has 2 fully saturated rings. The Morgan fingerprint density at radius 2 is 1.15 bits per heavy atom. The van der Waals surface area contributed by atoms with Gasteiger partial charge in [0.2, 0.25) is 0 Å². The first kappa shape index (κ1) is 29.6. The van der Waals surface area contributed by atoms with E-state index in [1.807, 2.05) is 0 Å². The van der Waals surface area contributed by atoms with Gasteiger partial charge in [0.15, 0.2) is 12.6 Å². The van der Waals surface area contributed by atoms with E-state index in [1.54, 1.807) is 0 Å². The molecular formula is C18H34O16. The summed E-state index contributed by atoms with van der Waals surface area (Å²) in [4.78, 5) is 0. The fraction of sp³-hybridized carbons (Fsp3) is 1.00. The molecule has 2 aliphatic heterocycles. The van der Waals surface area contributed by atoms with Gasteiger partial charge in [-0.2, -0.15) is 0 Å². The molecule has 0 aromatic carbocycles. The second kappa shape index (κ2) is 13.1. The average Bonchev–Trinajstić information content (AvgIpc) is 2.84. The third kappa shape index (κ3) is 6.37. The van der Waals surface area contributed by atoms with E-state index in [2.05, 4.69) is 0 Å². The van der Waals surface area contributed by atoms with Gasteiger partial charge in [-0.1, -0.05) is 0 Å². The van der Waals surface area contributed by atoms with Crippen molar-refractivity contribution in [1.29, 1.82) is 0 Å². The highest BCUT2D eigenvalue weighted by molar-refractivity contribution is 4.95. The van der Waals surface area contributed by atoms with Crippen molar-refractivity contribution in [3.8, 4) is 0 Å². The average molecular weight is 506 g/mol. The Kier molecular flexibility index (Phi) is 11.4. The molecule has 0 radical (unpaired) electrons. The molecule has 2 aliphatic rings. The Labute approximate surface area is 193 Å². The lowest BCUT2D eigenvalue weighted by Gasteiger charge is -2.46. The normalized spacial score (nSPS) is 42.7. The lowest BCUT2D eigenvalue weighted by molar-refractivity contribution is -0.367. The molecule has 0 aliphatic carbocycles. The summed E-state index contributed by atoms with van der Waals surface area (Å²) in [6.07, 6.45) is -24.7. The van der Waals surface area contributed by atoms with E-state index in [4.69, 9.17) is 24.1 Å². The van der Waals surface area contributed by atoms with E-state index in [0.717, 1.165) is 0 Å². The van der Waals surface area contributed by atoms with Crippen molar-refractivity contribution in [1.82, 2.24) is 0 Å². The van der Waals surface area contributed by atoms with Crippen LogP contribution in [0.5, 0.6) is 0 Å². The van der Waals surface area contributed by atoms with Crippen LogP contribution in [0.4, 0.5) is 0 Å². The zero-order valence-corrected chi connectivity index (χ0v) is 17.9. The molecule has 2 rings (SSSR count). The second-order valence-corrected chi connectivity index (χ2v) is 8.10. The Hall–Kier alpha value is -0.640. The molecule has 2 heterocycles. The molecular weight excluding hydrogens is 472 g/mol. The number of aliphatic hydroxyl groups excluding tert-OH is 12. The van der Waals surface area contributed by atoms with Crippen LogP contribution < -0.4 is 0 Å². The lowest BCUT2D eigenvalue weighted by atomic mass is 9.96. The first-order valence-corrected chi connectivity index (χ1v) is 10.5. The molecule has 0 aromatic heterocycles. The van der Waals surface area contributed by atoms with Gasteiger partial charge >= 0.3 is 0 Å². The van der Waals surface area contributed by atoms with Gasteiger partial charge in [-0.15, -0.1) is 0 Å². The molecule has 0 bridgehead atoms. The summed E-state index contributed by atoms with van der Waals surface area (Å²) in [6, 6.07) is 0. The number of hydrogen-bond acceptors (Lipinski definition) is 16. The minimum absolute atomic E-state index is 0.757. The summed E-state index contributed by atoms with van der Waals surface area (Å²) < 4.78 is 21.2. The molecule has 0 amide bonds. The molecule has 2 saturated heterocycles. The van der Waals surface area contributed by atoms with E-state index in [1.165, 1.54) is 0 Å². The van der Waals surface area contributed by atoms with Crippen LogP contribution in [0.2, 0.25) is 0 Å². The maximum atomic E-state index is 10.6. The fourth-order valence-corrected chi connectivity index (χ4v) is 3.65. The van der Waals surface area contributed by atoms with Gasteiger partial charge in [0.05, 0.1) is 26.4 Å². The van der Waals surface area contributed by atoms with E-state index < -0.39 is 112 Å². The van der Waals surface area contributed by atoms with E-state index in [-0.39, 0.29) is 0 Å². The summed E-state index contributed by atoms with van der Waals surface area (Å²) in [6.45, 7) is -3.52. The standard InChI is InChI=1S/C18H34O16/c19-1-5(23)9(25)15(6(24)2-20)33-18-14(30)12(28)16(8(4-22)32-18)34-17-13(29)11(27)10(26)7(3-21)31-17/h5-30H,1-4H2/t5-,6+,7+,8+,9+,10+,11-,12+,13+,14+,15+,16?,17+,18+/m0/s1. The van der Waals surface area contributed by atoms with Gasteiger partial charge in [-0.05, 0) is 0 Å². The van der Waals surface area contributed by atoms with Gasteiger partial charge in [-0.25, -0.2) is 0 Å². The largest absolute Gasteiger partial charge is 0.394 e. The van der Waals surface area contributed by atoms with Crippen molar-refractivity contribution in [3.05, 3.63) is 0 Å². The third-order valence-electron chi connectivity index (χ3n) is 5.74. The Bertz CT molecular complexity index is 594. The first-order chi connectivity index (χ1) is 16.0. The quantitative estimate of drug-likeness (QED) is 0.124. The molecule has 1 unspecified atom stereocenters. The van der Waals surface area contributed by atoms with Crippen LogP contribution in [-0.4, -0.2) is 174 Å². The third-order valence-corrected chi connectivity index (χ3v) is 5.74. The summed E-state index contributed by atoms with van der Waals surface area (Å²) >= 11 is 0. The van der Waals surface area contributed by atoms with Crippen LogP contribution >= 0.6 is 0 Å². The van der Waals surface area contributed by atoms with Crippen LogP contribution in [0.15, 0.2) is 0 Å². The second-order valence-electron chi connectivity index (χ2n) is 8.10. The van der Waals surface area contributed by atoms with Gasteiger partial charge in [-0.3, -0.25) is 0 Å². The fourth-order valence-electron chi connectivity index (χ4n) is 3.65. The Balaban J connectivity index is 2.17. The van der Waals surface area contributed by atoms with Crippen LogP contribution in [0.3, 0.4) is 0 Å². The molecule has 34 heavy (non-hydrogen) atoms. The zero-order valence-electron chi connectivity index (χ0n) is 17.9. The van der Waals surface area contributed by atoms with Gasteiger partial charge in [0.1, 0.15) is 73.2 Å². The smallest absolute Gasteiger partial charge is 0.187 e. The zero-order chi connectivity index (χ0) is 25.7. The molecule has 0 aromatic rings. The molecule has 0 spiro atoms. The molecule has 0 saturated carbocycles. The molecule has 14 atom stereocenters. The number of hydrogen-bond donors (Lipinski definition) is 12. The van der Waals surface area contributed by atoms with E-state index >= 15 is 0 Å². The highest BCUT2D eigenvalue weighted by atomic mass is 16.7. The summed E-state index contributed by atoms with van der Waals surface area (Å²) in [5.41, 5.74) is 0. The maximum Gasteiger partial charge on any atom is 0.187 e. The van der Waals surface area contributed by atoms with Gasteiger partial charge in [0.25, 0.3) is 0 Å². The number of rotatable bonds is 11. The summed E-state index contributed by atoms with van der Waals surface area (Å²) in [5.74, 6) is 0. The van der Waals surface area contributed by atoms with Gasteiger partial charge < -0.3 is 80.2 Å². The molecule has 16 heteroatoms. The van der Waals surface area contributed by atoms with Crippen molar-refractivity contribution >= 4 is 0 Å². The van der Waals surface area contributed by atoms with E-state index in [0.29, 0.717) is 0 Å². The van der Waals surface area contributed by atoms with Crippen molar-refractivity contribution in [2.24, 2.45) is 0 Å². The maximum absolute atomic E-state index is 10.6. The highest BCUT2D eigenvalue weighted by Gasteiger charge is 2.51. The molecule has 202 valence electrons. The predicted octanol–water partition coefficient (Wildman–Crippen LogP) is -7.94. The summed E-state index contributed by atoms with van der Waals surface area (Å²) in [5, 5.41) is 118. The van der Waals surface area contributed by atoms with Gasteiger partial charge in [0, 0.05) is 0 Å². The Morgan fingerprint density at radius 3 is 1.68 bits per heavy atom. The van der Waals surface area contributed by atoms with Crippen molar-refractivity contribution in [2.75, 3.05) is 26.4 Å². The molecule has 16 nitrogen and oxygen atoms in total. The monoisotopic (exact) mass is 506 g/mol. The number of ether oxygens (including phenoxy) is 4. The van der Waals surface area contributed by atoms with Crippen LogP contribution in [0.1, 0.15) is 0 Å². The predicted molar refractivity (Wildman–Crippen MR) is 103 cm³/mol. The minimum Gasteiger partial charge on any atom is -0.394 e. The lowest BCUT2D eigenvalue weighted by Crippen LogP contribution is -2.65. The van der Waals surface area contributed by atoms with Crippen LogP contribution in [-0.2, 0) is 18.9 Å². The summed E-state index contributed by atoms with van der Waals surface area (Å²) in [7, 11) is 0. The highest BCUT2D eigenvalue weighted by Crippen LogP contribution is 2.30.